The number of anilines is 2. The van der Waals surface area contributed by atoms with Crippen LogP contribution in [0.1, 0.15) is 0 Å². The van der Waals surface area contributed by atoms with E-state index in [1.54, 1.807) is 30.6 Å². The third-order valence-corrected chi connectivity index (χ3v) is 5.80. The standard InChI is InChI=1S/C15H19N5O3S/c1-23-13-4-3-12(16)11-14(13)24(21,22)20-9-7-19(8-10-20)15-17-5-2-6-18-15/h2-6,11H,7-10,16H2,1H3. The second kappa shape index (κ2) is 6.62. The second-order valence-electron chi connectivity index (χ2n) is 5.35. The molecule has 1 saturated heterocycles. The summed E-state index contributed by atoms with van der Waals surface area (Å²) in [5.74, 6) is 0.897. The molecule has 1 fully saturated rings. The Morgan fingerprint density at radius 1 is 1.12 bits per heavy atom. The van der Waals surface area contributed by atoms with Gasteiger partial charge in [0.05, 0.1) is 7.11 Å². The Morgan fingerprint density at radius 3 is 2.42 bits per heavy atom. The zero-order chi connectivity index (χ0) is 17.2. The van der Waals surface area contributed by atoms with Crippen molar-refractivity contribution >= 4 is 21.7 Å². The lowest BCUT2D eigenvalue weighted by atomic mass is 10.3. The fourth-order valence-corrected chi connectivity index (χ4v) is 4.23. The van der Waals surface area contributed by atoms with Crippen molar-refractivity contribution in [1.82, 2.24) is 14.3 Å². The highest BCUT2D eigenvalue weighted by Gasteiger charge is 2.31. The molecule has 0 spiro atoms. The molecule has 1 aromatic heterocycles. The van der Waals surface area contributed by atoms with Gasteiger partial charge in [0.2, 0.25) is 16.0 Å². The number of nitrogens with two attached hydrogens (primary N) is 1. The highest BCUT2D eigenvalue weighted by Crippen LogP contribution is 2.29. The van der Waals surface area contributed by atoms with Gasteiger partial charge in [0, 0.05) is 44.3 Å². The van der Waals surface area contributed by atoms with Crippen LogP contribution in [0.2, 0.25) is 0 Å². The van der Waals surface area contributed by atoms with E-state index in [9.17, 15) is 8.42 Å². The van der Waals surface area contributed by atoms with Crippen LogP contribution in [-0.4, -0.2) is 56.0 Å². The number of benzene rings is 1. The maximum atomic E-state index is 12.9. The number of hydrogen-bond acceptors (Lipinski definition) is 7. The van der Waals surface area contributed by atoms with Crippen molar-refractivity contribution in [2.45, 2.75) is 4.90 Å². The molecule has 0 saturated carbocycles. The van der Waals surface area contributed by atoms with E-state index in [1.807, 2.05) is 4.90 Å². The van der Waals surface area contributed by atoms with Crippen LogP contribution >= 0.6 is 0 Å². The number of piperazine rings is 1. The van der Waals surface area contributed by atoms with Gasteiger partial charge >= 0.3 is 0 Å². The molecule has 128 valence electrons. The molecule has 24 heavy (non-hydrogen) atoms. The van der Waals surface area contributed by atoms with Gasteiger partial charge in [-0.05, 0) is 24.3 Å². The Kier molecular flexibility index (Phi) is 4.54. The zero-order valence-electron chi connectivity index (χ0n) is 13.3. The number of rotatable bonds is 4. The summed E-state index contributed by atoms with van der Waals surface area (Å²) in [6, 6.07) is 6.36. The minimum atomic E-state index is -3.67. The van der Waals surface area contributed by atoms with E-state index in [2.05, 4.69) is 9.97 Å². The molecule has 0 bridgehead atoms. The summed E-state index contributed by atoms with van der Waals surface area (Å²) in [5, 5.41) is 0. The summed E-state index contributed by atoms with van der Waals surface area (Å²) < 4.78 is 32.4. The minimum absolute atomic E-state index is 0.0920. The lowest BCUT2D eigenvalue weighted by Crippen LogP contribution is -2.49. The molecule has 1 aliphatic rings. The van der Waals surface area contributed by atoms with Crippen molar-refractivity contribution in [2.75, 3.05) is 43.9 Å². The third-order valence-electron chi connectivity index (χ3n) is 3.88. The van der Waals surface area contributed by atoms with Crippen molar-refractivity contribution in [1.29, 1.82) is 0 Å². The average Bonchev–Trinajstić information content (AvgIpc) is 2.62. The normalized spacial score (nSPS) is 16.1. The smallest absolute Gasteiger partial charge is 0.246 e. The lowest BCUT2D eigenvalue weighted by molar-refractivity contribution is 0.373. The van der Waals surface area contributed by atoms with Crippen molar-refractivity contribution in [2.24, 2.45) is 0 Å². The fraction of sp³-hybridized carbons (Fsp3) is 0.333. The molecule has 9 heteroatoms. The van der Waals surface area contributed by atoms with Gasteiger partial charge in [-0.15, -0.1) is 0 Å². The first kappa shape index (κ1) is 16.5. The topological polar surface area (TPSA) is 102 Å². The van der Waals surface area contributed by atoms with E-state index < -0.39 is 10.0 Å². The van der Waals surface area contributed by atoms with Gasteiger partial charge in [-0.3, -0.25) is 0 Å². The first-order chi connectivity index (χ1) is 11.5. The maximum absolute atomic E-state index is 12.9. The number of nitrogens with zero attached hydrogens (tertiary/aromatic N) is 4. The minimum Gasteiger partial charge on any atom is -0.495 e. The molecule has 0 atom stereocenters. The van der Waals surface area contributed by atoms with Gasteiger partial charge in [-0.1, -0.05) is 0 Å². The molecule has 0 unspecified atom stereocenters. The van der Waals surface area contributed by atoms with Crippen molar-refractivity contribution in [3.8, 4) is 5.75 Å². The molecule has 3 rings (SSSR count). The summed E-state index contributed by atoms with van der Waals surface area (Å²) >= 11 is 0. The first-order valence-electron chi connectivity index (χ1n) is 7.48. The van der Waals surface area contributed by atoms with E-state index in [4.69, 9.17) is 10.5 Å². The van der Waals surface area contributed by atoms with Gasteiger partial charge in [-0.25, -0.2) is 18.4 Å². The number of sulfonamides is 1. The van der Waals surface area contributed by atoms with Crippen LogP contribution in [0.25, 0.3) is 0 Å². The monoisotopic (exact) mass is 349 g/mol. The van der Waals surface area contributed by atoms with Crippen LogP contribution in [0.5, 0.6) is 5.75 Å². The molecule has 2 heterocycles. The van der Waals surface area contributed by atoms with E-state index in [0.29, 0.717) is 37.8 Å². The highest BCUT2D eigenvalue weighted by atomic mass is 32.2. The Balaban J connectivity index is 1.79. The summed E-state index contributed by atoms with van der Waals surface area (Å²) in [7, 11) is -2.23. The first-order valence-corrected chi connectivity index (χ1v) is 8.92. The molecule has 0 aliphatic carbocycles. The average molecular weight is 349 g/mol. The number of aromatic nitrogens is 2. The fourth-order valence-electron chi connectivity index (χ4n) is 2.62. The van der Waals surface area contributed by atoms with Gasteiger partial charge in [0.25, 0.3) is 0 Å². The second-order valence-corrected chi connectivity index (χ2v) is 7.26. The van der Waals surface area contributed by atoms with Gasteiger partial charge in [0.15, 0.2) is 0 Å². The number of ether oxygens (including phenoxy) is 1. The van der Waals surface area contributed by atoms with Crippen molar-refractivity contribution in [3.05, 3.63) is 36.7 Å². The molecule has 1 aliphatic heterocycles. The number of hydrogen-bond donors (Lipinski definition) is 1. The van der Waals surface area contributed by atoms with Crippen LogP contribution in [0.4, 0.5) is 11.6 Å². The molecule has 0 radical (unpaired) electrons. The molecule has 1 aromatic carbocycles. The van der Waals surface area contributed by atoms with Crippen LogP contribution < -0.4 is 15.4 Å². The van der Waals surface area contributed by atoms with E-state index in [-0.39, 0.29) is 10.6 Å². The van der Waals surface area contributed by atoms with Crippen LogP contribution in [0, 0.1) is 0 Å². The Hall–Kier alpha value is -2.39. The molecule has 2 aromatic rings. The lowest BCUT2D eigenvalue weighted by Gasteiger charge is -2.34. The van der Waals surface area contributed by atoms with Crippen molar-refractivity contribution < 1.29 is 13.2 Å². The van der Waals surface area contributed by atoms with Crippen molar-refractivity contribution in [3.63, 3.8) is 0 Å². The van der Waals surface area contributed by atoms with Crippen LogP contribution in [-0.2, 0) is 10.0 Å². The van der Waals surface area contributed by atoms with Crippen LogP contribution in [0.3, 0.4) is 0 Å². The van der Waals surface area contributed by atoms with Gasteiger partial charge < -0.3 is 15.4 Å². The Morgan fingerprint density at radius 2 is 1.79 bits per heavy atom. The highest BCUT2D eigenvalue weighted by molar-refractivity contribution is 7.89. The SMILES string of the molecule is COc1ccc(N)cc1S(=O)(=O)N1CCN(c2ncccn2)CC1. The molecule has 0 amide bonds. The zero-order valence-corrected chi connectivity index (χ0v) is 14.1. The van der Waals surface area contributed by atoms with Gasteiger partial charge in [-0.2, -0.15) is 4.31 Å². The summed E-state index contributed by atoms with van der Waals surface area (Å²) in [4.78, 5) is 10.4. The number of nitrogen functional groups attached to an aromatic ring is 1. The molecular formula is C15H19N5O3S. The predicted molar refractivity (Wildman–Crippen MR) is 90.4 cm³/mol. The molecular weight excluding hydrogens is 330 g/mol. The number of methoxy groups -OCH3 is 1. The summed E-state index contributed by atoms with van der Waals surface area (Å²) in [5.41, 5.74) is 6.12. The Bertz CT molecular complexity index is 805. The molecule has 8 nitrogen and oxygen atoms in total. The van der Waals surface area contributed by atoms with E-state index >= 15 is 0 Å². The summed E-state index contributed by atoms with van der Waals surface area (Å²) in [6.07, 6.45) is 3.34. The Labute approximate surface area is 140 Å². The van der Waals surface area contributed by atoms with Gasteiger partial charge in [0.1, 0.15) is 10.6 Å². The molecule has 2 N–H and O–H groups in total. The predicted octanol–water partition coefficient (Wildman–Crippen LogP) is 0.578. The maximum Gasteiger partial charge on any atom is 0.246 e. The van der Waals surface area contributed by atoms with E-state index in [0.717, 1.165) is 0 Å². The quantitative estimate of drug-likeness (QED) is 0.806. The van der Waals surface area contributed by atoms with E-state index in [1.165, 1.54) is 17.5 Å². The summed E-state index contributed by atoms with van der Waals surface area (Å²) in [6.45, 7) is 1.73. The largest absolute Gasteiger partial charge is 0.495 e. The van der Waals surface area contributed by atoms with Crippen LogP contribution in [0.15, 0.2) is 41.6 Å². The third kappa shape index (κ3) is 3.13.